The van der Waals surface area contributed by atoms with Gasteiger partial charge in [-0.15, -0.1) is 24.0 Å². The van der Waals surface area contributed by atoms with Crippen LogP contribution in [0.25, 0.3) is 0 Å². The summed E-state index contributed by atoms with van der Waals surface area (Å²) in [6, 6.07) is 0.528. The van der Waals surface area contributed by atoms with Crippen molar-refractivity contribution < 1.29 is 4.52 Å². The van der Waals surface area contributed by atoms with E-state index in [2.05, 4.69) is 46.5 Å². The molecule has 2 N–H and O–H groups in total. The molecule has 7 heteroatoms. The fourth-order valence-corrected chi connectivity index (χ4v) is 2.43. The van der Waals surface area contributed by atoms with Crippen molar-refractivity contribution in [1.29, 1.82) is 0 Å². The van der Waals surface area contributed by atoms with E-state index in [9.17, 15) is 0 Å². The van der Waals surface area contributed by atoms with Crippen molar-refractivity contribution in [3.8, 4) is 0 Å². The van der Waals surface area contributed by atoms with Crippen LogP contribution in [0.2, 0.25) is 0 Å². The Bertz CT molecular complexity index is 475. The number of hydrogen-bond acceptors (Lipinski definition) is 4. The van der Waals surface area contributed by atoms with Gasteiger partial charge in [-0.25, -0.2) is 0 Å². The molecule has 1 aromatic heterocycles. The molecule has 1 fully saturated rings. The number of halogens is 1. The second-order valence-electron chi connectivity index (χ2n) is 6.67. The van der Waals surface area contributed by atoms with Gasteiger partial charge < -0.3 is 15.2 Å². The Hall–Kier alpha value is -0.860. The average Bonchev–Trinajstić information content (AvgIpc) is 2.93. The summed E-state index contributed by atoms with van der Waals surface area (Å²) in [5, 5.41) is 10.7. The van der Waals surface area contributed by atoms with Crippen LogP contribution in [-0.4, -0.2) is 29.2 Å². The lowest BCUT2D eigenvalue weighted by Crippen LogP contribution is -2.43. The first-order chi connectivity index (χ1) is 9.99. The molecule has 0 radical (unpaired) electrons. The minimum Gasteiger partial charge on any atom is -0.354 e. The van der Waals surface area contributed by atoms with Gasteiger partial charge in [-0.2, -0.15) is 4.98 Å². The standard InChI is InChI=1S/C15H27N5O.HI/c1-15(2,3)13-19-12(20-21-13)10-17-14(16-4)18-11-8-6-5-7-9-11;/h11H,5-10H2,1-4H3,(H2,16,17,18);1H. The minimum absolute atomic E-state index is 0. The molecule has 0 amide bonds. The maximum absolute atomic E-state index is 5.28. The van der Waals surface area contributed by atoms with Gasteiger partial charge in [-0.05, 0) is 12.8 Å². The van der Waals surface area contributed by atoms with E-state index in [0.717, 1.165) is 5.96 Å². The van der Waals surface area contributed by atoms with Crippen molar-refractivity contribution in [2.24, 2.45) is 4.99 Å². The van der Waals surface area contributed by atoms with Crippen LogP contribution in [0.15, 0.2) is 9.52 Å². The molecule has 0 saturated heterocycles. The number of nitrogens with one attached hydrogen (secondary N) is 2. The summed E-state index contributed by atoms with van der Waals surface area (Å²) < 4.78 is 5.28. The van der Waals surface area contributed by atoms with Crippen molar-refractivity contribution in [3.63, 3.8) is 0 Å². The Kier molecular flexibility index (Phi) is 7.58. The minimum atomic E-state index is -0.118. The topological polar surface area (TPSA) is 75.3 Å². The fourth-order valence-electron chi connectivity index (χ4n) is 2.43. The van der Waals surface area contributed by atoms with E-state index in [-0.39, 0.29) is 29.4 Å². The van der Waals surface area contributed by atoms with E-state index in [0.29, 0.717) is 24.3 Å². The van der Waals surface area contributed by atoms with E-state index in [1.807, 2.05) is 0 Å². The van der Waals surface area contributed by atoms with Gasteiger partial charge in [0.15, 0.2) is 11.8 Å². The second-order valence-corrected chi connectivity index (χ2v) is 6.67. The zero-order chi connectivity index (χ0) is 15.3. The van der Waals surface area contributed by atoms with Gasteiger partial charge in [-0.1, -0.05) is 45.2 Å². The molecule has 6 nitrogen and oxygen atoms in total. The average molecular weight is 421 g/mol. The Morgan fingerprint density at radius 1 is 1.27 bits per heavy atom. The van der Waals surface area contributed by atoms with Crippen molar-refractivity contribution >= 4 is 29.9 Å². The lowest BCUT2D eigenvalue weighted by molar-refractivity contribution is 0.318. The fraction of sp³-hybridized carbons (Fsp3) is 0.800. The quantitative estimate of drug-likeness (QED) is 0.446. The number of guanidine groups is 1. The third kappa shape index (κ3) is 5.73. The third-order valence-corrected chi connectivity index (χ3v) is 3.69. The molecule has 0 atom stereocenters. The first-order valence-electron chi connectivity index (χ1n) is 7.79. The SMILES string of the molecule is CN=C(NCc1noc(C(C)(C)C)n1)NC1CCCCC1.I. The van der Waals surface area contributed by atoms with Crippen molar-refractivity contribution in [1.82, 2.24) is 20.8 Å². The summed E-state index contributed by atoms with van der Waals surface area (Å²) in [6.45, 7) is 6.69. The van der Waals surface area contributed by atoms with Crippen LogP contribution >= 0.6 is 24.0 Å². The van der Waals surface area contributed by atoms with Crippen LogP contribution in [0, 0.1) is 0 Å². The van der Waals surface area contributed by atoms with E-state index in [1.165, 1.54) is 32.1 Å². The lowest BCUT2D eigenvalue weighted by Gasteiger charge is -2.24. The molecule has 22 heavy (non-hydrogen) atoms. The number of aliphatic imine (C=N–C) groups is 1. The highest BCUT2D eigenvalue weighted by molar-refractivity contribution is 14.0. The number of rotatable bonds is 3. The monoisotopic (exact) mass is 421 g/mol. The van der Waals surface area contributed by atoms with E-state index >= 15 is 0 Å². The van der Waals surface area contributed by atoms with Gasteiger partial charge in [0.1, 0.15) is 0 Å². The van der Waals surface area contributed by atoms with Crippen LogP contribution in [0.1, 0.15) is 64.6 Å². The largest absolute Gasteiger partial charge is 0.354 e. The van der Waals surface area contributed by atoms with Crippen LogP contribution in [0.4, 0.5) is 0 Å². The molecule has 1 aliphatic rings. The third-order valence-electron chi connectivity index (χ3n) is 3.69. The highest BCUT2D eigenvalue weighted by Crippen LogP contribution is 2.19. The number of hydrogen-bond donors (Lipinski definition) is 2. The first-order valence-corrected chi connectivity index (χ1v) is 7.79. The normalized spacial score (nSPS) is 17.0. The van der Waals surface area contributed by atoms with Gasteiger partial charge in [0.25, 0.3) is 0 Å². The Labute approximate surface area is 149 Å². The lowest BCUT2D eigenvalue weighted by atomic mass is 9.96. The zero-order valence-corrected chi connectivity index (χ0v) is 16.3. The van der Waals surface area contributed by atoms with Gasteiger partial charge in [0.05, 0.1) is 6.54 Å². The molecule has 126 valence electrons. The number of nitrogens with zero attached hydrogens (tertiary/aromatic N) is 3. The van der Waals surface area contributed by atoms with Crippen LogP contribution in [0.5, 0.6) is 0 Å². The number of aromatic nitrogens is 2. The maximum Gasteiger partial charge on any atom is 0.232 e. The summed E-state index contributed by atoms with van der Waals surface area (Å²) in [7, 11) is 1.79. The molecule has 0 bridgehead atoms. The maximum atomic E-state index is 5.28. The van der Waals surface area contributed by atoms with Crippen molar-refractivity contribution in [2.45, 2.75) is 70.9 Å². The molecule has 0 aliphatic heterocycles. The molecule has 0 aromatic carbocycles. The molecule has 1 aliphatic carbocycles. The molecule has 1 heterocycles. The van der Waals surface area contributed by atoms with Gasteiger partial charge >= 0.3 is 0 Å². The summed E-state index contributed by atoms with van der Waals surface area (Å²) in [4.78, 5) is 8.67. The highest BCUT2D eigenvalue weighted by Gasteiger charge is 2.21. The molecule has 2 rings (SSSR count). The predicted molar refractivity (Wildman–Crippen MR) is 98.6 cm³/mol. The van der Waals surface area contributed by atoms with Crippen LogP contribution in [-0.2, 0) is 12.0 Å². The van der Waals surface area contributed by atoms with E-state index in [1.54, 1.807) is 7.05 Å². The van der Waals surface area contributed by atoms with Crippen molar-refractivity contribution in [2.75, 3.05) is 7.05 Å². The first kappa shape index (κ1) is 19.2. The van der Waals surface area contributed by atoms with E-state index in [4.69, 9.17) is 4.52 Å². The van der Waals surface area contributed by atoms with Gasteiger partial charge in [-0.3, -0.25) is 4.99 Å². The molecule has 1 saturated carbocycles. The summed E-state index contributed by atoms with van der Waals surface area (Å²) >= 11 is 0. The summed E-state index contributed by atoms with van der Waals surface area (Å²) in [5.74, 6) is 2.13. The summed E-state index contributed by atoms with van der Waals surface area (Å²) in [6.07, 6.45) is 6.39. The molecular weight excluding hydrogens is 393 g/mol. The predicted octanol–water partition coefficient (Wildman–Crippen LogP) is 2.98. The Morgan fingerprint density at radius 2 is 1.95 bits per heavy atom. The molecule has 0 spiro atoms. The van der Waals surface area contributed by atoms with Crippen molar-refractivity contribution in [3.05, 3.63) is 11.7 Å². The van der Waals surface area contributed by atoms with Gasteiger partial charge in [0.2, 0.25) is 5.89 Å². The van der Waals surface area contributed by atoms with Crippen LogP contribution in [0.3, 0.4) is 0 Å². The smallest absolute Gasteiger partial charge is 0.232 e. The Balaban J connectivity index is 0.00000242. The molecular formula is C15H28IN5O. The van der Waals surface area contributed by atoms with Crippen LogP contribution < -0.4 is 10.6 Å². The zero-order valence-electron chi connectivity index (χ0n) is 14.0. The second kappa shape index (κ2) is 8.69. The van der Waals surface area contributed by atoms with Gasteiger partial charge in [0, 0.05) is 18.5 Å². The van der Waals surface area contributed by atoms with E-state index < -0.39 is 0 Å². The summed E-state index contributed by atoms with van der Waals surface area (Å²) in [5.41, 5.74) is -0.118. The Morgan fingerprint density at radius 3 is 2.50 bits per heavy atom. The highest BCUT2D eigenvalue weighted by atomic mass is 127. The molecule has 1 aromatic rings. The molecule has 0 unspecified atom stereocenters.